The molecule has 100 valence electrons. The summed E-state index contributed by atoms with van der Waals surface area (Å²) in [4.78, 5) is 0. The first kappa shape index (κ1) is 13.8. The zero-order valence-corrected chi connectivity index (χ0v) is 12.4. The molecule has 5 nitrogen and oxygen atoms in total. The van der Waals surface area contributed by atoms with E-state index in [9.17, 15) is 8.42 Å². The van der Waals surface area contributed by atoms with Crippen molar-refractivity contribution in [3.05, 3.63) is 51.5 Å². The van der Waals surface area contributed by atoms with Gasteiger partial charge in [-0.2, -0.15) is 0 Å². The van der Waals surface area contributed by atoms with Gasteiger partial charge in [0, 0.05) is 0 Å². The first-order valence-electron chi connectivity index (χ1n) is 5.36. The molecule has 0 radical (unpaired) electrons. The Morgan fingerprint density at radius 1 is 1.32 bits per heavy atom. The number of nitrogens with zero attached hydrogens (tertiary/aromatic N) is 1. The van der Waals surface area contributed by atoms with E-state index in [4.69, 9.17) is 4.52 Å². The van der Waals surface area contributed by atoms with Crippen molar-refractivity contribution >= 4 is 37.9 Å². The summed E-state index contributed by atoms with van der Waals surface area (Å²) in [6.07, 6.45) is 1.50. The van der Waals surface area contributed by atoms with E-state index in [1.54, 1.807) is 19.1 Å². The SMILES string of the molecule is Cc1noc(NS(=O)(=O)C=Cc2ccccc2)c1Br. The summed E-state index contributed by atoms with van der Waals surface area (Å²) in [5.41, 5.74) is 1.37. The van der Waals surface area contributed by atoms with Gasteiger partial charge >= 0.3 is 0 Å². The molecule has 0 aliphatic heterocycles. The van der Waals surface area contributed by atoms with Crippen molar-refractivity contribution in [2.75, 3.05) is 4.72 Å². The molecule has 0 saturated heterocycles. The Morgan fingerprint density at radius 3 is 2.58 bits per heavy atom. The number of hydrogen-bond acceptors (Lipinski definition) is 4. The summed E-state index contributed by atoms with van der Waals surface area (Å²) < 4.78 is 31.3. The van der Waals surface area contributed by atoms with Crippen molar-refractivity contribution in [1.29, 1.82) is 0 Å². The lowest BCUT2D eigenvalue weighted by Gasteiger charge is -1.99. The quantitative estimate of drug-likeness (QED) is 0.926. The Morgan fingerprint density at radius 2 is 2.00 bits per heavy atom. The number of nitrogens with one attached hydrogen (secondary N) is 1. The van der Waals surface area contributed by atoms with Crippen molar-refractivity contribution in [3.8, 4) is 0 Å². The van der Waals surface area contributed by atoms with E-state index in [0.717, 1.165) is 11.0 Å². The highest BCUT2D eigenvalue weighted by Gasteiger charge is 2.15. The smallest absolute Gasteiger partial charge is 0.257 e. The summed E-state index contributed by atoms with van der Waals surface area (Å²) in [7, 11) is -3.64. The zero-order chi connectivity index (χ0) is 13.9. The lowest BCUT2D eigenvalue weighted by molar-refractivity contribution is 0.430. The van der Waals surface area contributed by atoms with Crippen LogP contribution in [0.2, 0.25) is 0 Å². The predicted octanol–water partition coefficient (Wildman–Crippen LogP) is 3.16. The third-order valence-corrected chi connectivity index (χ3v) is 4.16. The van der Waals surface area contributed by atoms with Crippen LogP contribution in [0.15, 0.2) is 44.7 Å². The van der Waals surface area contributed by atoms with Gasteiger partial charge in [0.25, 0.3) is 15.9 Å². The third kappa shape index (κ3) is 3.68. The monoisotopic (exact) mass is 342 g/mol. The second kappa shape index (κ2) is 5.58. The molecule has 0 fully saturated rings. The van der Waals surface area contributed by atoms with Gasteiger partial charge in [-0.05, 0) is 34.5 Å². The fourth-order valence-corrected chi connectivity index (χ4v) is 2.49. The predicted molar refractivity (Wildman–Crippen MR) is 77.0 cm³/mol. The molecule has 0 amide bonds. The van der Waals surface area contributed by atoms with Crippen molar-refractivity contribution in [2.45, 2.75) is 6.92 Å². The van der Waals surface area contributed by atoms with Crippen molar-refractivity contribution < 1.29 is 12.9 Å². The highest BCUT2D eigenvalue weighted by molar-refractivity contribution is 9.10. The molecule has 2 aromatic rings. The summed E-state index contributed by atoms with van der Waals surface area (Å²) in [5.74, 6) is 0.0650. The van der Waals surface area contributed by atoms with E-state index in [1.807, 2.05) is 18.2 Å². The first-order valence-corrected chi connectivity index (χ1v) is 7.69. The topological polar surface area (TPSA) is 72.2 Å². The maximum atomic E-state index is 11.8. The minimum Gasteiger partial charge on any atom is -0.336 e. The average molecular weight is 343 g/mol. The molecule has 2 rings (SSSR count). The summed E-state index contributed by atoms with van der Waals surface area (Å²) in [5, 5.41) is 4.72. The third-order valence-electron chi connectivity index (χ3n) is 2.27. The molecule has 0 unspecified atom stereocenters. The fraction of sp³-hybridized carbons (Fsp3) is 0.0833. The highest BCUT2D eigenvalue weighted by Crippen LogP contribution is 2.26. The Bertz CT molecular complexity index is 693. The van der Waals surface area contributed by atoms with Crippen LogP contribution in [-0.4, -0.2) is 13.6 Å². The van der Waals surface area contributed by atoms with E-state index >= 15 is 0 Å². The molecule has 0 spiro atoms. The number of benzene rings is 1. The molecule has 1 N–H and O–H groups in total. The first-order chi connectivity index (χ1) is 8.98. The van der Waals surface area contributed by atoms with Gasteiger partial charge < -0.3 is 4.52 Å². The van der Waals surface area contributed by atoms with Crippen LogP contribution in [-0.2, 0) is 10.0 Å². The Hall–Kier alpha value is -1.60. The largest absolute Gasteiger partial charge is 0.336 e. The molecule has 0 aliphatic carbocycles. The number of aryl methyl sites for hydroxylation is 1. The van der Waals surface area contributed by atoms with Crippen molar-refractivity contribution in [1.82, 2.24) is 5.16 Å². The molecule has 19 heavy (non-hydrogen) atoms. The minimum atomic E-state index is -3.64. The second-order valence-electron chi connectivity index (χ2n) is 3.77. The van der Waals surface area contributed by atoms with E-state index in [1.165, 1.54) is 6.08 Å². The van der Waals surface area contributed by atoms with Crippen LogP contribution < -0.4 is 4.72 Å². The normalized spacial score (nSPS) is 11.9. The maximum Gasteiger partial charge on any atom is 0.257 e. The van der Waals surface area contributed by atoms with Gasteiger partial charge in [0.15, 0.2) is 0 Å². The number of sulfonamides is 1. The number of anilines is 1. The summed E-state index contributed by atoms with van der Waals surface area (Å²) >= 11 is 3.19. The molecule has 1 aromatic carbocycles. The average Bonchev–Trinajstić information content (AvgIpc) is 2.69. The molecular weight excluding hydrogens is 332 g/mol. The van der Waals surface area contributed by atoms with E-state index in [0.29, 0.717) is 10.2 Å². The van der Waals surface area contributed by atoms with Gasteiger partial charge in [-0.15, -0.1) is 0 Å². The Kier molecular flexibility index (Phi) is 4.06. The van der Waals surface area contributed by atoms with Crippen LogP contribution in [0.1, 0.15) is 11.3 Å². The lowest BCUT2D eigenvalue weighted by Crippen LogP contribution is -2.08. The summed E-state index contributed by atoms with van der Waals surface area (Å²) in [6, 6.07) is 9.13. The van der Waals surface area contributed by atoms with Crippen LogP contribution in [0, 0.1) is 6.92 Å². The van der Waals surface area contributed by atoms with Crippen molar-refractivity contribution in [3.63, 3.8) is 0 Å². The van der Waals surface area contributed by atoms with Gasteiger partial charge in [-0.25, -0.2) is 13.1 Å². The second-order valence-corrected chi connectivity index (χ2v) is 6.13. The minimum absolute atomic E-state index is 0.0650. The molecule has 1 heterocycles. The number of aromatic nitrogens is 1. The molecular formula is C12H11BrN2O3S. The van der Waals surface area contributed by atoms with E-state index < -0.39 is 10.0 Å². The van der Waals surface area contributed by atoms with Crippen LogP contribution in [0.3, 0.4) is 0 Å². The number of rotatable bonds is 4. The molecule has 0 aliphatic rings. The van der Waals surface area contributed by atoms with Gasteiger partial charge in [0.1, 0.15) is 4.47 Å². The Balaban J connectivity index is 2.16. The summed E-state index contributed by atoms with van der Waals surface area (Å²) in [6.45, 7) is 1.70. The van der Waals surface area contributed by atoms with Crippen LogP contribution in [0.4, 0.5) is 5.88 Å². The molecule has 0 saturated carbocycles. The highest BCUT2D eigenvalue weighted by atomic mass is 79.9. The van der Waals surface area contributed by atoms with Crippen LogP contribution in [0.25, 0.3) is 6.08 Å². The van der Waals surface area contributed by atoms with Crippen LogP contribution in [0.5, 0.6) is 0 Å². The Labute approximate surface area is 119 Å². The molecule has 0 atom stereocenters. The van der Waals surface area contributed by atoms with Crippen LogP contribution >= 0.6 is 15.9 Å². The fourth-order valence-electron chi connectivity index (χ4n) is 1.32. The van der Waals surface area contributed by atoms with E-state index in [2.05, 4.69) is 25.8 Å². The van der Waals surface area contributed by atoms with Gasteiger partial charge in [0.2, 0.25) is 0 Å². The van der Waals surface area contributed by atoms with Crippen molar-refractivity contribution in [2.24, 2.45) is 0 Å². The molecule has 0 bridgehead atoms. The zero-order valence-electron chi connectivity index (χ0n) is 10.00. The maximum absolute atomic E-state index is 11.8. The van der Waals surface area contributed by atoms with Gasteiger partial charge in [-0.1, -0.05) is 35.5 Å². The van der Waals surface area contributed by atoms with Gasteiger partial charge in [-0.3, -0.25) is 0 Å². The van der Waals surface area contributed by atoms with E-state index in [-0.39, 0.29) is 5.88 Å². The standard InChI is InChI=1S/C12H11BrN2O3S/c1-9-11(13)12(18-14-9)15-19(16,17)8-7-10-5-3-2-4-6-10/h2-8,15H,1H3. The molecule has 7 heteroatoms. The number of halogens is 1. The van der Waals surface area contributed by atoms with Gasteiger partial charge in [0.05, 0.1) is 11.1 Å². The number of hydrogen-bond donors (Lipinski definition) is 1. The lowest BCUT2D eigenvalue weighted by atomic mass is 10.2. The molecule has 1 aromatic heterocycles.